The molecule has 0 atom stereocenters. The molecular weight excluding hydrogens is 266 g/mol. The second-order valence-corrected chi connectivity index (χ2v) is 6.37. The lowest BCUT2D eigenvalue weighted by Gasteiger charge is -2.25. The molecule has 0 spiro atoms. The first-order chi connectivity index (χ1) is 8.97. The Hall–Kier alpha value is -0.950. The first kappa shape index (κ1) is 14.5. The summed E-state index contributed by atoms with van der Waals surface area (Å²) < 4.78 is 37.8. The van der Waals surface area contributed by atoms with Crippen LogP contribution >= 0.6 is 0 Å². The third kappa shape index (κ3) is 3.33. The summed E-state index contributed by atoms with van der Waals surface area (Å²) in [6.45, 7) is 4.95. The maximum Gasteiger partial charge on any atom is 0.240 e. The summed E-state index contributed by atoms with van der Waals surface area (Å²) in [4.78, 5) is 0.252. The number of hydrogen-bond donors (Lipinski definition) is 1. The molecule has 0 radical (unpaired) electrons. The van der Waals surface area contributed by atoms with E-state index in [9.17, 15) is 8.42 Å². The van der Waals surface area contributed by atoms with Crippen molar-refractivity contribution in [3.8, 4) is 0 Å². The number of aryl methyl sites for hydroxylation is 1. The number of rotatable bonds is 5. The zero-order valence-corrected chi connectivity index (χ0v) is 12.0. The van der Waals surface area contributed by atoms with Crippen LogP contribution in [-0.2, 0) is 19.5 Å². The lowest BCUT2D eigenvalue weighted by molar-refractivity contribution is -0.152. The fraction of sp³-hybridized carbons (Fsp3) is 0.538. The van der Waals surface area contributed by atoms with Crippen LogP contribution in [0.1, 0.15) is 18.9 Å². The van der Waals surface area contributed by atoms with E-state index in [1.54, 1.807) is 24.3 Å². The van der Waals surface area contributed by atoms with Gasteiger partial charge >= 0.3 is 0 Å². The predicted octanol–water partition coefficient (Wildman–Crippen LogP) is 1.43. The summed E-state index contributed by atoms with van der Waals surface area (Å²) in [6, 6.07) is 6.72. The highest BCUT2D eigenvalue weighted by molar-refractivity contribution is 7.89. The van der Waals surface area contributed by atoms with E-state index in [-0.39, 0.29) is 11.4 Å². The second kappa shape index (κ2) is 5.58. The summed E-state index contributed by atoms with van der Waals surface area (Å²) in [6.07, 6.45) is 0.601. The molecular formula is C13H19NO4S. The van der Waals surface area contributed by atoms with E-state index in [4.69, 9.17) is 9.47 Å². The van der Waals surface area contributed by atoms with Gasteiger partial charge < -0.3 is 9.47 Å². The van der Waals surface area contributed by atoms with Crippen molar-refractivity contribution >= 4 is 10.0 Å². The molecule has 5 nitrogen and oxygen atoms in total. The zero-order chi connectivity index (χ0) is 13.9. The molecule has 106 valence electrons. The quantitative estimate of drug-likeness (QED) is 0.889. The smallest absolute Gasteiger partial charge is 0.240 e. The summed E-state index contributed by atoms with van der Waals surface area (Å²) >= 11 is 0. The van der Waals surface area contributed by atoms with E-state index in [0.29, 0.717) is 19.6 Å². The van der Waals surface area contributed by atoms with Gasteiger partial charge in [-0.2, -0.15) is 0 Å². The predicted molar refractivity (Wildman–Crippen MR) is 71.3 cm³/mol. The lowest BCUT2D eigenvalue weighted by atomic mass is 10.2. The minimum absolute atomic E-state index is 0.125. The molecule has 19 heavy (non-hydrogen) atoms. The first-order valence-corrected chi connectivity index (χ1v) is 7.80. The summed E-state index contributed by atoms with van der Waals surface area (Å²) in [7, 11) is -3.52. The van der Waals surface area contributed by atoms with E-state index in [0.717, 1.165) is 5.56 Å². The molecule has 2 rings (SSSR count). The zero-order valence-electron chi connectivity index (χ0n) is 11.2. The first-order valence-electron chi connectivity index (χ1n) is 6.32. The van der Waals surface area contributed by atoms with Crippen molar-refractivity contribution in [1.82, 2.24) is 4.72 Å². The Kier molecular flexibility index (Phi) is 4.25. The van der Waals surface area contributed by atoms with Gasteiger partial charge in [-0.25, -0.2) is 13.1 Å². The van der Waals surface area contributed by atoms with Crippen molar-refractivity contribution in [2.75, 3.05) is 19.8 Å². The number of sulfonamides is 1. The highest BCUT2D eigenvalue weighted by Crippen LogP contribution is 2.23. The second-order valence-electron chi connectivity index (χ2n) is 4.60. The highest BCUT2D eigenvalue weighted by Gasteiger charge is 2.35. The Morgan fingerprint density at radius 3 is 2.32 bits per heavy atom. The molecule has 1 aliphatic heterocycles. The molecule has 0 amide bonds. The van der Waals surface area contributed by atoms with Crippen LogP contribution in [0.5, 0.6) is 0 Å². The van der Waals surface area contributed by atoms with Gasteiger partial charge in [0.05, 0.1) is 24.7 Å². The van der Waals surface area contributed by atoms with Crippen LogP contribution in [0.3, 0.4) is 0 Å². The van der Waals surface area contributed by atoms with E-state index in [1.165, 1.54) is 0 Å². The molecule has 0 saturated carbocycles. The van der Waals surface area contributed by atoms with Crippen molar-refractivity contribution in [3.05, 3.63) is 29.8 Å². The van der Waals surface area contributed by atoms with Crippen LogP contribution in [-0.4, -0.2) is 34.0 Å². The van der Waals surface area contributed by atoms with Gasteiger partial charge in [0.2, 0.25) is 10.0 Å². The molecule has 0 bridgehead atoms. The van der Waals surface area contributed by atoms with E-state index < -0.39 is 15.8 Å². The van der Waals surface area contributed by atoms with Crippen molar-refractivity contribution in [2.45, 2.75) is 31.0 Å². The Labute approximate surface area is 114 Å². The summed E-state index contributed by atoms with van der Waals surface area (Å²) in [5, 5.41) is 0. The SMILES string of the molecule is CCC1(CNS(=O)(=O)c2ccc(C)cc2)OCCO1. The van der Waals surface area contributed by atoms with Crippen LogP contribution in [0.15, 0.2) is 29.2 Å². The molecule has 1 aromatic rings. The molecule has 1 aliphatic rings. The van der Waals surface area contributed by atoms with E-state index in [2.05, 4.69) is 4.72 Å². The van der Waals surface area contributed by atoms with Crippen LogP contribution in [0.4, 0.5) is 0 Å². The van der Waals surface area contributed by atoms with Crippen LogP contribution in [0, 0.1) is 6.92 Å². The molecule has 1 aromatic carbocycles. The van der Waals surface area contributed by atoms with Gasteiger partial charge in [0.1, 0.15) is 0 Å². The van der Waals surface area contributed by atoms with Crippen molar-refractivity contribution in [1.29, 1.82) is 0 Å². The van der Waals surface area contributed by atoms with Crippen LogP contribution in [0.2, 0.25) is 0 Å². The molecule has 6 heteroatoms. The average molecular weight is 285 g/mol. The molecule has 1 fully saturated rings. The minimum atomic E-state index is -3.52. The van der Waals surface area contributed by atoms with Crippen LogP contribution < -0.4 is 4.72 Å². The Bertz CT molecular complexity index is 518. The Balaban J connectivity index is 2.07. The normalized spacial score (nSPS) is 18.6. The molecule has 1 saturated heterocycles. The van der Waals surface area contributed by atoms with Crippen LogP contribution in [0.25, 0.3) is 0 Å². The molecule has 0 aromatic heterocycles. The largest absolute Gasteiger partial charge is 0.346 e. The molecule has 0 unspecified atom stereocenters. The Morgan fingerprint density at radius 1 is 1.21 bits per heavy atom. The highest BCUT2D eigenvalue weighted by atomic mass is 32.2. The van der Waals surface area contributed by atoms with Crippen molar-refractivity contribution in [3.63, 3.8) is 0 Å². The maximum absolute atomic E-state index is 12.1. The number of hydrogen-bond acceptors (Lipinski definition) is 4. The summed E-state index contributed by atoms with van der Waals surface area (Å²) in [5.74, 6) is -0.822. The maximum atomic E-state index is 12.1. The summed E-state index contributed by atoms with van der Waals surface area (Å²) in [5.41, 5.74) is 1.02. The Morgan fingerprint density at radius 2 is 1.79 bits per heavy atom. The molecule has 1 N–H and O–H groups in total. The lowest BCUT2D eigenvalue weighted by Crippen LogP contribution is -2.43. The third-order valence-corrected chi connectivity index (χ3v) is 4.63. The fourth-order valence-electron chi connectivity index (χ4n) is 1.93. The van der Waals surface area contributed by atoms with Gasteiger partial charge in [-0.05, 0) is 25.5 Å². The van der Waals surface area contributed by atoms with Gasteiger partial charge in [0.25, 0.3) is 0 Å². The minimum Gasteiger partial charge on any atom is -0.346 e. The van der Waals surface area contributed by atoms with Gasteiger partial charge in [0, 0.05) is 0 Å². The molecule has 1 heterocycles. The molecule has 0 aliphatic carbocycles. The van der Waals surface area contributed by atoms with Crippen molar-refractivity contribution in [2.24, 2.45) is 0 Å². The van der Waals surface area contributed by atoms with Gasteiger partial charge in [-0.1, -0.05) is 24.6 Å². The number of nitrogens with one attached hydrogen (secondary N) is 1. The number of benzene rings is 1. The number of ether oxygens (including phenoxy) is 2. The standard InChI is InChI=1S/C13H19NO4S/c1-3-13(17-8-9-18-13)10-14-19(15,16)12-6-4-11(2)5-7-12/h4-7,14H,3,8-10H2,1-2H3. The fourth-order valence-corrected chi connectivity index (χ4v) is 3.00. The van der Waals surface area contributed by atoms with Gasteiger partial charge in [-0.15, -0.1) is 0 Å². The van der Waals surface area contributed by atoms with E-state index >= 15 is 0 Å². The van der Waals surface area contributed by atoms with Crippen molar-refractivity contribution < 1.29 is 17.9 Å². The van der Waals surface area contributed by atoms with Gasteiger partial charge in [0.15, 0.2) is 5.79 Å². The monoisotopic (exact) mass is 285 g/mol. The average Bonchev–Trinajstić information content (AvgIpc) is 2.87. The third-order valence-electron chi connectivity index (χ3n) is 3.22. The van der Waals surface area contributed by atoms with E-state index in [1.807, 2.05) is 13.8 Å². The van der Waals surface area contributed by atoms with Gasteiger partial charge in [-0.3, -0.25) is 0 Å². The topological polar surface area (TPSA) is 64.6 Å².